The van der Waals surface area contributed by atoms with E-state index < -0.39 is 17.9 Å². The lowest BCUT2D eigenvalue weighted by molar-refractivity contribution is -0.138. The van der Waals surface area contributed by atoms with Crippen molar-refractivity contribution in [3.05, 3.63) is 54.1 Å². The average molecular weight is 386 g/mol. The Morgan fingerprint density at radius 3 is 2.96 bits per heavy atom. The number of hydrogen-bond donors (Lipinski definition) is 3. The first-order valence-corrected chi connectivity index (χ1v) is 9.26. The Balaban J connectivity index is 1.63. The number of carboxylic acid groups (broad SMARTS) is 1. The predicted octanol–water partition coefficient (Wildman–Crippen LogP) is 2.08. The SMILES string of the molecule is COc1cccc(CSC[C@@H](NC(=O)c2ncnc3[nH]ccc23)C(=O)O)c1. The number of aromatic amines is 1. The van der Waals surface area contributed by atoms with Gasteiger partial charge in [0.15, 0.2) is 0 Å². The highest BCUT2D eigenvalue weighted by Gasteiger charge is 2.23. The molecule has 1 atom stereocenters. The number of rotatable bonds is 8. The van der Waals surface area contributed by atoms with Gasteiger partial charge in [-0.3, -0.25) is 4.79 Å². The van der Waals surface area contributed by atoms with Crippen LogP contribution in [0.2, 0.25) is 0 Å². The molecule has 3 N–H and O–H groups in total. The van der Waals surface area contributed by atoms with E-state index >= 15 is 0 Å². The van der Waals surface area contributed by atoms with Crippen molar-refractivity contribution in [2.45, 2.75) is 11.8 Å². The number of nitrogens with one attached hydrogen (secondary N) is 2. The number of aliphatic carboxylic acids is 1. The molecule has 0 aliphatic carbocycles. The van der Waals surface area contributed by atoms with E-state index in [1.54, 1.807) is 19.4 Å². The molecule has 0 bridgehead atoms. The topological polar surface area (TPSA) is 117 Å². The molecule has 3 rings (SSSR count). The molecule has 1 amide bonds. The molecule has 140 valence electrons. The summed E-state index contributed by atoms with van der Waals surface area (Å²) < 4.78 is 5.18. The highest BCUT2D eigenvalue weighted by atomic mass is 32.2. The van der Waals surface area contributed by atoms with Gasteiger partial charge in [-0.15, -0.1) is 0 Å². The zero-order chi connectivity index (χ0) is 19.2. The van der Waals surface area contributed by atoms with Crippen molar-refractivity contribution in [2.75, 3.05) is 12.9 Å². The first-order chi connectivity index (χ1) is 13.1. The molecule has 0 saturated carbocycles. The second-order valence-electron chi connectivity index (χ2n) is 5.69. The van der Waals surface area contributed by atoms with Crippen molar-refractivity contribution in [3.8, 4) is 5.75 Å². The number of H-pyrrole nitrogens is 1. The van der Waals surface area contributed by atoms with Crippen LogP contribution in [0.3, 0.4) is 0 Å². The number of thioether (sulfide) groups is 1. The lowest BCUT2D eigenvalue weighted by Gasteiger charge is -2.14. The molecular formula is C18H18N4O4S. The van der Waals surface area contributed by atoms with Crippen LogP contribution in [0.15, 0.2) is 42.9 Å². The maximum absolute atomic E-state index is 12.5. The quantitative estimate of drug-likeness (QED) is 0.542. The van der Waals surface area contributed by atoms with Crippen LogP contribution in [0.4, 0.5) is 0 Å². The second kappa shape index (κ2) is 8.54. The largest absolute Gasteiger partial charge is 0.497 e. The van der Waals surface area contributed by atoms with Gasteiger partial charge >= 0.3 is 5.97 Å². The molecule has 27 heavy (non-hydrogen) atoms. The molecule has 9 heteroatoms. The van der Waals surface area contributed by atoms with E-state index in [2.05, 4.69) is 20.3 Å². The number of benzene rings is 1. The Bertz CT molecular complexity index is 959. The fourth-order valence-corrected chi connectivity index (χ4v) is 3.51. The summed E-state index contributed by atoms with van der Waals surface area (Å²) in [5, 5.41) is 12.5. The van der Waals surface area contributed by atoms with Crippen molar-refractivity contribution in [2.24, 2.45) is 0 Å². The van der Waals surface area contributed by atoms with Gasteiger partial charge in [0.1, 0.15) is 29.5 Å². The van der Waals surface area contributed by atoms with E-state index in [0.29, 0.717) is 16.8 Å². The summed E-state index contributed by atoms with van der Waals surface area (Å²) >= 11 is 1.41. The number of nitrogens with zero attached hydrogens (tertiary/aromatic N) is 2. The fourth-order valence-electron chi connectivity index (χ4n) is 2.51. The molecule has 0 unspecified atom stereocenters. The van der Waals surface area contributed by atoms with Gasteiger partial charge in [0.05, 0.1) is 12.5 Å². The van der Waals surface area contributed by atoms with E-state index in [1.807, 2.05) is 24.3 Å². The summed E-state index contributed by atoms with van der Waals surface area (Å²) in [5.41, 5.74) is 1.68. The zero-order valence-electron chi connectivity index (χ0n) is 14.5. The van der Waals surface area contributed by atoms with E-state index in [0.717, 1.165) is 11.3 Å². The number of aromatic nitrogens is 3. The van der Waals surface area contributed by atoms with Crippen molar-refractivity contribution >= 4 is 34.7 Å². The summed E-state index contributed by atoms with van der Waals surface area (Å²) in [6, 6.07) is 8.20. The Morgan fingerprint density at radius 2 is 2.19 bits per heavy atom. The molecule has 0 saturated heterocycles. The monoisotopic (exact) mass is 386 g/mol. The molecule has 0 radical (unpaired) electrons. The maximum Gasteiger partial charge on any atom is 0.327 e. The van der Waals surface area contributed by atoms with Crippen LogP contribution < -0.4 is 10.1 Å². The number of carbonyl (C=O) groups excluding carboxylic acids is 1. The molecule has 0 fully saturated rings. The van der Waals surface area contributed by atoms with Crippen molar-refractivity contribution in [3.63, 3.8) is 0 Å². The third kappa shape index (κ3) is 4.56. The third-order valence-electron chi connectivity index (χ3n) is 3.86. The molecule has 2 aromatic heterocycles. The van der Waals surface area contributed by atoms with Crippen LogP contribution in [0, 0.1) is 0 Å². The molecule has 0 spiro atoms. The van der Waals surface area contributed by atoms with Crippen LogP contribution >= 0.6 is 11.8 Å². The van der Waals surface area contributed by atoms with Crippen LogP contribution in [-0.2, 0) is 10.5 Å². The minimum absolute atomic E-state index is 0.144. The van der Waals surface area contributed by atoms with Crippen LogP contribution in [-0.4, -0.2) is 50.8 Å². The first kappa shape index (κ1) is 18.7. The third-order valence-corrected chi connectivity index (χ3v) is 4.97. The molecule has 3 aromatic rings. The van der Waals surface area contributed by atoms with Crippen molar-refractivity contribution in [1.82, 2.24) is 20.3 Å². The van der Waals surface area contributed by atoms with Gasteiger partial charge in [-0.05, 0) is 23.8 Å². The number of methoxy groups -OCH3 is 1. The van der Waals surface area contributed by atoms with E-state index in [1.165, 1.54) is 18.1 Å². The Kier molecular flexibility index (Phi) is 5.92. The van der Waals surface area contributed by atoms with E-state index in [-0.39, 0.29) is 11.4 Å². The number of ether oxygens (including phenoxy) is 1. The van der Waals surface area contributed by atoms with Gasteiger partial charge in [-0.25, -0.2) is 14.8 Å². The average Bonchev–Trinajstić information content (AvgIpc) is 3.16. The number of fused-ring (bicyclic) bond motifs is 1. The van der Waals surface area contributed by atoms with E-state index in [9.17, 15) is 14.7 Å². The molecule has 2 heterocycles. The summed E-state index contributed by atoms with van der Waals surface area (Å²) in [6.07, 6.45) is 2.91. The Hall–Kier alpha value is -3.07. The first-order valence-electron chi connectivity index (χ1n) is 8.11. The number of hydrogen-bond acceptors (Lipinski definition) is 6. The lowest BCUT2D eigenvalue weighted by Crippen LogP contribution is -2.43. The van der Waals surface area contributed by atoms with Crippen molar-refractivity contribution < 1.29 is 19.4 Å². The molecule has 0 aliphatic heterocycles. The van der Waals surface area contributed by atoms with E-state index in [4.69, 9.17) is 4.74 Å². The minimum atomic E-state index is -1.10. The number of carboxylic acids is 1. The molecule has 1 aromatic carbocycles. The summed E-state index contributed by atoms with van der Waals surface area (Å²) in [6.45, 7) is 0. The lowest BCUT2D eigenvalue weighted by atomic mass is 10.2. The van der Waals surface area contributed by atoms with Crippen LogP contribution in [0.1, 0.15) is 16.1 Å². The van der Waals surface area contributed by atoms with Gasteiger partial charge in [0, 0.05) is 17.7 Å². The van der Waals surface area contributed by atoms with Gasteiger partial charge < -0.3 is 20.1 Å². The normalized spacial score (nSPS) is 11.9. The molecule has 0 aliphatic rings. The summed E-state index contributed by atoms with van der Waals surface area (Å²) in [5.74, 6) is -0.0702. The van der Waals surface area contributed by atoms with Crippen LogP contribution in [0.25, 0.3) is 11.0 Å². The Labute approximate surface area is 159 Å². The number of carbonyl (C=O) groups is 2. The van der Waals surface area contributed by atoms with Gasteiger partial charge in [0.25, 0.3) is 5.91 Å². The maximum atomic E-state index is 12.5. The Morgan fingerprint density at radius 1 is 1.33 bits per heavy atom. The summed E-state index contributed by atoms with van der Waals surface area (Å²) in [7, 11) is 1.59. The minimum Gasteiger partial charge on any atom is -0.497 e. The van der Waals surface area contributed by atoms with Gasteiger partial charge in [-0.1, -0.05) is 12.1 Å². The zero-order valence-corrected chi connectivity index (χ0v) is 15.3. The fraction of sp³-hybridized carbons (Fsp3) is 0.222. The number of amides is 1. The van der Waals surface area contributed by atoms with Gasteiger partial charge in [-0.2, -0.15) is 11.8 Å². The highest BCUT2D eigenvalue weighted by Crippen LogP contribution is 2.19. The predicted molar refractivity (Wildman–Crippen MR) is 102 cm³/mol. The second-order valence-corrected chi connectivity index (χ2v) is 6.72. The van der Waals surface area contributed by atoms with Gasteiger partial charge in [0.2, 0.25) is 0 Å². The standard InChI is InChI=1S/C18H18N4O4S/c1-26-12-4-2-3-11(7-12)8-27-9-14(18(24)25)22-17(23)15-13-5-6-19-16(13)21-10-20-15/h2-7,10,14H,8-9H2,1H3,(H,22,23)(H,24,25)(H,19,20,21)/t14-/m1/s1. The van der Waals surface area contributed by atoms with Crippen molar-refractivity contribution in [1.29, 1.82) is 0 Å². The molecular weight excluding hydrogens is 368 g/mol. The summed E-state index contributed by atoms with van der Waals surface area (Å²) in [4.78, 5) is 34.9. The molecule has 8 nitrogen and oxygen atoms in total. The smallest absolute Gasteiger partial charge is 0.327 e. The highest BCUT2D eigenvalue weighted by molar-refractivity contribution is 7.98. The van der Waals surface area contributed by atoms with Crippen LogP contribution in [0.5, 0.6) is 5.75 Å².